The van der Waals surface area contributed by atoms with Crippen LogP contribution in [0.2, 0.25) is 0 Å². The standard InChI is InChI=1S/C10H13N3O3/c11-8-3-1-7(2-4-8)10(15)12-6-5-9(14)13-16/h1-4,16H,5-6,11H2,(H,12,15)(H,13,14). The molecule has 6 nitrogen and oxygen atoms in total. The first-order valence-corrected chi connectivity index (χ1v) is 4.70. The number of anilines is 1. The minimum atomic E-state index is -0.544. The fourth-order valence-corrected chi connectivity index (χ4v) is 1.08. The van der Waals surface area contributed by atoms with E-state index in [1.807, 2.05) is 0 Å². The third-order valence-corrected chi connectivity index (χ3v) is 1.94. The van der Waals surface area contributed by atoms with Gasteiger partial charge in [-0.15, -0.1) is 0 Å². The Labute approximate surface area is 92.4 Å². The molecule has 0 saturated carbocycles. The first-order chi connectivity index (χ1) is 7.63. The number of nitrogens with two attached hydrogens (primary N) is 1. The van der Waals surface area contributed by atoms with Gasteiger partial charge in [-0.3, -0.25) is 14.8 Å². The minimum Gasteiger partial charge on any atom is -0.399 e. The number of hydrogen-bond acceptors (Lipinski definition) is 4. The number of rotatable bonds is 4. The molecule has 86 valence electrons. The number of nitrogen functional groups attached to an aromatic ring is 1. The lowest BCUT2D eigenvalue weighted by atomic mass is 10.2. The monoisotopic (exact) mass is 223 g/mol. The van der Waals surface area contributed by atoms with Crippen molar-refractivity contribution in [3.63, 3.8) is 0 Å². The van der Waals surface area contributed by atoms with Gasteiger partial charge in [0.1, 0.15) is 0 Å². The Hall–Kier alpha value is -2.08. The van der Waals surface area contributed by atoms with E-state index in [-0.39, 0.29) is 18.9 Å². The molecule has 0 saturated heterocycles. The fourth-order valence-electron chi connectivity index (χ4n) is 1.08. The van der Waals surface area contributed by atoms with Gasteiger partial charge in [0.15, 0.2) is 0 Å². The van der Waals surface area contributed by atoms with Crippen LogP contribution in [0, 0.1) is 0 Å². The van der Waals surface area contributed by atoms with Gasteiger partial charge in [0.05, 0.1) is 0 Å². The van der Waals surface area contributed by atoms with Crippen molar-refractivity contribution in [2.24, 2.45) is 0 Å². The molecule has 0 heterocycles. The highest BCUT2D eigenvalue weighted by Crippen LogP contribution is 2.04. The van der Waals surface area contributed by atoms with E-state index in [0.717, 1.165) is 0 Å². The Morgan fingerprint density at radius 3 is 2.44 bits per heavy atom. The molecule has 16 heavy (non-hydrogen) atoms. The number of carbonyl (C=O) groups excluding carboxylic acids is 2. The molecule has 0 aliphatic carbocycles. The molecular weight excluding hydrogens is 210 g/mol. The molecule has 1 rings (SSSR count). The second-order valence-corrected chi connectivity index (χ2v) is 3.16. The molecule has 0 bridgehead atoms. The number of hydrogen-bond donors (Lipinski definition) is 4. The summed E-state index contributed by atoms with van der Waals surface area (Å²) in [4.78, 5) is 22.1. The van der Waals surface area contributed by atoms with Crippen LogP contribution in [0.25, 0.3) is 0 Å². The Morgan fingerprint density at radius 2 is 1.88 bits per heavy atom. The molecule has 0 aliphatic rings. The van der Waals surface area contributed by atoms with Crippen molar-refractivity contribution in [1.82, 2.24) is 10.8 Å². The molecule has 1 aromatic rings. The maximum Gasteiger partial charge on any atom is 0.251 e. The van der Waals surface area contributed by atoms with Crippen LogP contribution in [0.5, 0.6) is 0 Å². The average Bonchev–Trinajstić information content (AvgIpc) is 2.29. The van der Waals surface area contributed by atoms with Crippen molar-refractivity contribution in [3.05, 3.63) is 29.8 Å². The summed E-state index contributed by atoms with van der Waals surface area (Å²) in [6, 6.07) is 6.43. The molecule has 0 aliphatic heterocycles. The van der Waals surface area contributed by atoms with Crippen LogP contribution in [-0.4, -0.2) is 23.6 Å². The first-order valence-electron chi connectivity index (χ1n) is 4.70. The second-order valence-electron chi connectivity index (χ2n) is 3.16. The number of nitrogens with one attached hydrogen (secondary N) is 2. The van der Waals surface area contributed by atoms with Gasteiger partial charge >= 0.3 is 0 Å². The quantitative estimate of drug-likeness (QED) is 0.325. The summed E-state index contributed by atoms with van der Waals surface area (Å²) in [6.07, 6.45) is 0.0250. The molecule has 0 aromatic heterocycles. The van der Waals surface area contributed by atoms with E-state index >= 15 is 0 Å². The van der Waals surface area contributed by atoms with Crippen molar-refractivity contribution in [1.29, 1.82) is 0 Å². The normalized spacial score (nSPS) is 9.56. The van der Waals surface area contributed by atoms with Crippen LogP contribution < -0.4 is 16.5 Å². The van der Waals surface area contributed by atoms with E-state index in [1.54, 1.807) is 24.3 Å². The zero-order chi connectivity index (χ0) is 12.0. The molecule has 0 unspecified atom stereocenters. The molecule has 6 heteroatoms. The van der Waals surface area contributed by atoms with E-state index in [2.05, 4.69) is 5.32 Å². The van der Waals surface area contributed by atoms with Gasteiger partial charge in [-0.05, 0) is 24.3 Å². The molecule has 0 atom stereocenters. The van der Waals surface area contributed by atoms with Crippen LogP contribution in [0.3, 0.4) is 0 Å². The van der Waals surface area contributed by atoms with Crippen molar-refractivity contribution >= 4 is 17.5 Å². The number of amides is 2. The van der Waals surface area contributed by atoms with Crippen LogP contribution in [-0.2, 0) is 4.79 Å². The van der Waals surface area contributed by atoms with Gasteiger partial charge in [-0.1, -0.05) is 0 Å². The molecule has 0 fully saturated rings. The van der Waals surface area contributed by atoms with Crippen molar-refractivity contribution in [2.45, 2.75) is 6.42 Å². The number of hydroxylamine groups is 1. The summed E-state index contributed by atoms with van der Waals surface area (Å²) in [7, 11) is 0. The molecule has 2 amide bonds. The summed E-state index contributed by atoms with van der Waals surface area (Å²) < 4.78 is 0. The predicted octanol–water partition coefficient (Wildman–Crippen LogP) is -0.106. The van der Waals surface area contributed by atoms with Crippen molar-refractivity contribution in [2.75, 3.05) is 12.3 Å². The van der Waals surface area contributed by atoms with E-state index in [4.69, 9.17) is 10.9 Å². The average molecular weight is 223 g/mol. The lowest BCUT2D eigenvalue weighted by Crippen LogP contribution is -2.29. The zero-order valence-electron chi connectivity index (χ0n) is 8.56. The fraction of sp³-hybridized carbons (Fsp3) is 0.200. The molecule has 0 spiro atoms. The lowest BCUT2D eigenvalue weighted by molar-refractivity contribution is -0.129. The Bertz CT molecular complexity index is 375. The molecular formula is C10H13N3O3. The number of carbonyl (C=O) groups is 2. The van der Waals surface area contributed by atoms with Gasteiger partial charge in [0, 0.05) is 24.2 Å². The van der Waals surface area contributed by atoms with Crippen LogP contribution >= 0.6 is 0 Å². The third-order valence-electron chi connectivity index (χ3n) is 1.94. The zero-order valence-corrected chi connectivity index (χ0v) is 8.56. The minimum absolute atomic E-state index is 0.0250. The van der Waals surface area contributed by atoms with Gasteiger partial charge in [-0.2, -0.15) is 0 Å². The summed E-state index contributed by atoms with van der Waals surface area (Å²) >= 11 is 0. The molecule has 0 radical (unpaired) electrons. The van der Waals surface area contributed by atoms with Crippen LogP contribution in [0.15, 0.2) is 24.3 Å². The van der Waals surface area contributed by atoms with E-state index in [1.165, 1.54) is 5.48 Å². The molecule has 1 aromatic carbocycles. The second kappa shape index (κ2) is 5.72. The third kappa shape index (κ3) is 3.58. The molecule has 5 N–H and O–H groups in total. The SMILES string of the molecule is Nc1ccc(C(=O)NCCC(=O)NO)cc1. The topological polar surface area (TPSA) is 104 Å². The van der Waals surface area contributed by atoms with E-state index < -0.39 is 5.91 Å². The highest BCUT2D eigenvalue weighted by atomic mass is 16.5. The highest BCUT2D eigenvalue weighted by Gasteiger charge is 2.05. The van der Waals surface area contributed by atoms with Gasteiger partial charge < -0.3 is 11.1 Å². The Balaban J connectivity index is 2.41. The largest absolute Gasteiger partial charge is 0.399 e. The van der Waals surface area contributed by atoms with Crippen LogP contribution in [0.4, 0.5) is 5.69 Å². The lowest BCUT2D eigenvalue weighted by Gasteiger charge is -2.04. The summed E-state index contributed by atoms with van der Waals surface area (Å²) in [6.45, 7) is 0.162. The van der Waals surface area contributed by atoms with Crippen molar-refractivity contribution < 1.29 is 14.8 Å². The van der Waals surface area contributed by atoms with Crippen molar-refractivity contribution in [3.8, 4) is 0 Å². The van der Waals surface area contributed by atoms with Gasteiger partial charge in [0.2, 0.25) is 5.91 Å². The summed E-state index contributed by atoms with van der Waals surface area (Å²) in [5.74, 6) is -0.830. The summed E-state index contributed by atoms with van der Waals surface area (Å²) in [5, 5.41) is 10.8. The summed E-state index contributed by atoms with van der Waals surface area (Å²) in [5.41, 5.74) is 8.00. The Kier molecular flexibility index (Phi) is 4.28. The highest BCUT2D eigenvalue weighted by molar-refractivity contribution is 5.94. The van der Waals surface area contributed by atoms with Crippen LogP contribution in [0.1, 0.15) is 16.8 Å². The predicted molar refractivity (Wildman–Crippen MR) is 57.7 cm³/mol. The van der Waals surface area contributed by atoms with E-state index in [9.17, 15) is 9.59 Å². The van der Waals surface area contributed by atoms with Gasteiger partial charge in [0.25, 0.3) is 5.91 Å². The maximum atomic E-state index is 11.5. The van der Waals surface area contributed by atoms with E-state index in [0.29, 0.717) is 11.3 Å². The maximum absolute atomic E-state index is 11.5. The first kappa shape index (κ1) is 12.0. The Morgan fingerprint density at radius 1 is 1.25 bits per heavy atom. The smallest absolute Gasteiger partial charge is 0.251 e. The van der Waals surface area contributed by atoms with Gasteiger partial charge in [-0.25, -0.2) is 5.48 Å². The number of benzene rings is 1.